The second-order valence-electron chi connectivity index (χ2n) is 5.22. The lowest BCUT2D eigenvalue weighted by Crippen LogP contribution is -2.32. The molecule has 7 heteroatoms. The lowest BCUT2D eigenvalue weighted by atomic mass is 10.1. The second-order valence-corrected chi connectivity index (χ2v) is 5.22. The van der Waals surface area contributed by atoms with Crippen molar-refractivity contribution in [1.29, 1.82) is 5.26 Å². The van der Waals surface area contributed by atoms with Crippen LogP contribution in [0.1, 0.15) is 18.9 Å². The van der Waals surface area contributed by atoms with Crippen LogP contribution < -0.4 is 10.2 Å². The molecular weight excluding hydrogens is 328 g/mol. The predicted molar refractivity (Wildman–Crippen MR) is 88.8 cm³/mol. The zero-order valence-electron chi connectivity index (χ0n) is 13.4. The molecule has 128 valence electrons. The summed E-state index contributed by atoms with van der Waals surface area (Å²) in [5, 5.41) is 11.5. The molecule has 0 aliphatic carbocycles. The van der Waals surface area contributed by atoms with Gasteiger partial charge in [-0.3, -0.25) is 9.59 Å². The topological polar surface area (TPSA) is 73.2 Å². The first-order valence-corrected chi connectivity index (χ1v) is 7.44. The standard InChI is InChI=1S/C18H15F2N3O2/c1-12(24)23(17-5-3-2-4-13(17)11-21)9-8-18(25)22-16-7-6-14(19)10-15(16)20/h2-7,10H,8-9H2,1H3,(H,22,25). The number of amides is 2. The van der Waals surface area contributed by atoms with E-state index in [0.717, 1.165) is 12.1 Å². The van der Waals surface area contributed by atoms with Gasteiger partial charge in [0.25, 0.3) is 0 Å². The maximum absolute atomic E-state index is 13.5. The highest BCUT2D eigenvalue weighted by molar-refractivity contribution is 5.95. The molecule has 25 heavy (non-hydrogen) atoms. The zero-order chi connectivity index (χ0) is 18.4. The Morgan fingerprint density at radius 2 is 1.92 bits per heavy atom. The zero-order valence-corrected chi connectivity index (χ0v) is 13.4. The Balaban J connectivity index is 2.07. The number of carbonyl (C=O) groups is 2. The summed E-state index contributed by atoms with van der Waals surface area (Å²) in [7, 11) is 0. The molecule has 5 nitrogen and oxygen atoms in total. The minimum Gasteiger partial charge on any atom is -0.324 e. The van der Waals surface area contributed by atoms with Crippen molar-refractivity contribution >= 4 is 23.2 Å². The van der Waals surface area contributed by atoms with Crippen molar-refractivity contribution in [2.24, 2.45) is 0 Å². The van der Waals surface area contributed by atoms with E-state index in [9.17, 15) is 18.4 Å². The number of benzene rings is 2. The average molecular weight is 343 g/mol. The van der Waals surface area contributed by atoms with Crippen molar-refractivity contribution in [1.82, 2.24) is 0 Å². The van der Waals surface area contributed by atoms with E-state index < -0.39 is 17.5 Å². The first-order valence-electron chi connectivity index (χ1n) is 7.44. The van der Waals surface area contributed by atoms with Crippen LogP contribution in [0.2, 0.25) is 0 Å². The SMILES string of the molecule is CC(=O)N(CCC(=O)Nc1ccc(F)cc1F)c1ccccc1C#N. The highest BCUT2D eigenvalue weighted by Gasteiger charge is 2.17. The van der Waals surface area contributed by atoms with Crippen molar-refractivity contribution in [3.05, 3.63) is 59.7 Å². The number of halogens is 2. The van der Waals surface area contributed by atoms with E-state index in [2.05, 4.69) is 5.32 Å². The molecule has 0 spiro atoms. The normalized spacial score (nSPS) is 10.0. The second kappa shape index (κ2) is 8.02. The summed E-state index contributed by atoms with van der Waals surface area (Å²) < 4.78 is 26.4. The van der Waals surface area contributed by atoms with Gasteiger partial charge in [0.05, 0.1) is 16.9 Å². The Hall–Kier alpha value is -3.27. The molecule has 0 heterocycles. The highest BCUT2D eigenvalue weighted by Crippen LogP contribution is 2.20. The Bertz CT molecular complexity index is 846. The van der Waals surface area contributed by atoms with Gasteiger partial charge >= 0.3 is 0 Å². The summed E-state index contributed by atoms with van der Waals surface area (Å²) in [4.78, 5) is 25.2. The number of nitrogens with one attached hydrogen (secondary N) is 1. The summed E-state index contributed by atoms with van der Waals surface area (Å²) >= 11 is 0. The van der Waals surface area contributed by atoms with Gasteiger partial charge < -0.3 is 10.2 Å². The summed E-state index contributed by atoms with van der Waals surface area (Å²) in [5.74, 6) is -2.49. The quantitative estimate of drug-likeness (QED) is 0.906. The molecule has 0 fully saturated rings. The van der Waals surface area contributed by atoms with Crippen molar-refractivity contribution < 1.29 is 18.4 Å². The molecule has 0 saturated carbocycles. The van der Waals surface area contributed by atoms with Crippen molar-refractivity contribution in [2.45, 2.75) is 13.3 Å². The van der Waals surface area contributed by atoms with Gasteiger partial charge in [-0.05, 0) is 24.3 Å². The fraction of sp³-hybridized carbons (Fsp3) is 0.167. The largest absolute Gasteiger partial charge is 0.324 e. The van der Waals surface area contributed by atoms with Crippen molar-refractivity contribution in [2.75, 3.05) is 16.8 Å². The molecule has 2 aromatic rings. The molecule has 2 amide bonds. The van der Waals surface area contributed by atoms with E-state index in [4.69, 9.17) is 5.26 Å². The van der Waals surface area contributed by atoms with Crippen LogP contribution in [0.4, 0.5) is 20.2 Å². The van der Waals surface area contributed by atoms with Crippen LogP contribution in [0.25, 0.3) is 0 Å². The third-order valence-electron chi connectivity index (χ3n) is 3.46. The minimum atomic E-state index is -0.883. The summed E-state index contributed by atoms with van der Waals surface area (Å²) in [5.41, 5.74) is 0.569. The first kappa shape index (κ1) is 18.1. The van der Waals surface area contributed by atoms with E-state index in [1.807, 2.05) is 6.07 Å². The number of para-hydroxylation sites is 1. The van der Waals surface area contributed by atoms with E-state index in [0.29, 0.717) is 17.3 Å². The fourth-order valence-corrected chi connectivity index (χ4v) is 2.27. The third kappa shape index (κ3) is 4.61. The molecule has 0 saturated heterocycles. The van der Waals surface area contributed by atoms with E-state index in [1.165, 1.54) is 11.8 Å². The molecule has 0 bridgehead atoms. The van der Waals surface area contributed by atoms with Crippen molar-refractivity contribution in [3.8, 4) is 6.07 Å². The highest BCUT2D eigenvalue weighted by atomic mass is 19.1. The van der Waals surface area contributed by atoms with Crippen LogP contribution in [-0.4, -0.2) is 18.4 Å². The molecule has 0 radical (unpaired) electrons. The molecular formula is C18H15F2N3O2. The van der Waals surface area contributed by atoms with E-state index >= 15 is 0 Å². The minimum absolute atomic E-state index is 0.0165. The predicted octanol–water partition coefficient (Wildman–Crippen LogP) is 3.22. The van der Waals surface area contributed by atoms with Gasteiger partial charge in [0, 0.05) is 26.0 Å². The van der Waals surface area contributed by atoms with E-state index in [-0.39, 0.29) is 24.6 Å². The molecule has 0 aromatic heterocycles. The van der Waals surface area contributed by atoms with Crippen LogP contribution >= 0.6 is 0 Å². The Morgan fingerprint density at radius 1 is 1.20 bits per heavy atom. The number of rotatable bonds is 5. The maximum atomic E-state index is 13.5. The number of hydrogen-bond acceptors (Lipinski definition) is 3. The lowest BCUT2D eigenvalue weighted by molar-refractivity contribution is -0.117. The number of hydrogen-bond donors (Lipinski definition) is 1. The number of nitriles is 1. The molecule has 0 atom stereocenters. The molecule has 2 rings (SSSR count). The molecule has 0 aliphatic rings. The first-order chi connectivity index (χ1) is 11.9. The average Bonchev–Trinajstić information content (AvgIpc) is 2.57. The van der Waals surface area contributed by atoms with Crippen LogP contribution in [0.3, 0.4) is 0 Å². The van der Waals surface area contributed by atoms with Crippen LogP contribution in [-0.2, 0) is 9.59 Å². The van der Waals surface area contributed by atoms with Crippen LogP contribution in [0, 0.1) is 23.0 Å². The van der Waals surface area contributed by atoms with Gasteiger partial charge in [-0.2, -0.15) is 5.26 Å². The third-order valence-corrected chi connectivity index (χ3v) is 3.46. The number of carbonyl (C=O) groups excluding carboxylic acids is 2. The molecule has 1 N–H and O–H groups in total. The van der Waals surface area contributed by atoms with Crippen molar-refractivity contribution in [3.63, 3.8) is 0 Å². The molecule has 0 aliphatic heterocycles. The van der Waals surface area contributed by atoms with E-state index in [1.54, 1.807) is 24.3 Å². The van der Waals surface area contributed by atoms with Gasteiger partial charge in [-0.25, -0.2) is 8.78 Å². The fourth-order valence-electron chi connectivity index (χ4n) is 2.27. The number of nitrogens with zero attached hydrogens (tertiary/aromatic N) is 2. The number of anilines is 2. The van der Waals surface area contributed by atoms with Gasteiger partial charge in [0.1, 0.15) is 17.7 Å². The Kier molecular flexibility index (Phi) is 5.79. The van der Waals surface area contributed by atoms with Gasteiger partial charge in [-0.1, -0.05) is 12.1 Å². The summed E-state index contributed by atoms with van der Waals surface area (Å²) in [6.45, 7) is 1.34. The Morgan fingerprint density at radius 3 is 2.56 bits per heavy atom. The van der Waals surface area contributed by atoms with Gasteiger partial charge in [-0.15, -0.1) is 0 Å². The van der Waals surface area contributed by atoms with Crippen LogP contribution in [0.5, 0.6) is 0 Å². The summed E-state index contributed by atoms with van der Waals surface area (Å²) in [6.07, 6.45) is -0.115. The lowest BCUT2D eigenvalue weighted by Gasteiger charge is -2.22. The van der Waals surface area contributed by atoms with Crippen LogP contribution in [0.15, 0.2) is 42.5 Å². The monoisotopic (exact) mass is 343 g/mol. The molecule has 0 unspecified atom stereocenters. The maximum Gasteiger partial charge on any atom is 0.226 e. The molecule has 2 aromatic carbocycles. The van der Waals surface area contributed by atoms with Gasteiger partial charge in [0.2, 0.25) is 11.8 Å². The summed E-state index contributed by atoms with van der Waals surface area (Å²) in [6, 6.07) is 11.3. The Labute approximate surface area is 143 Å². The smallest absolute Gasteiger partial charge is 0.226 e. The van der Waals surface area contributed by atoms with Gasteiger partial charge in [0.15, 0.2) is 0 Å².